The van der Waals surface area contributed by atoms with E-state index in [0.29, 0.717) is 26.3 Å². The smallest absolute Gasteiger partial charge is 0.314 e. The number of rotatable bonds is 4. The maximum atomic E-state index is 11.1. The molecule has 0 aromatic carbocycles. The Morgan fingerprint density at radius 1 is 1.57 bits per heavy atom. The van der Waals surface area contributed by atoms with Gasteiger partial charge in [0, 0.05) is 26.7 Å². The molecule has 0 aliphatic carbocycles. The lowest BCUT2D eigenvalue weighted by Crippen LogP contribution is -2.47. The Hall–Kier alpha value is -0.810. The fourth-order valence-electron chi connectivity index (χ4n) is 1.43. The van der Waals surface area contributed by atoms with E-state index >= 15 is 0 Å². The summed E-state index contributed by atoms with van der Waals surface area (Å²) in [5.41, 5.74) is -0.328. The lowest BCUT2D eigenvalue weighted by atomic mass is 10.0. The van der Waals surface area contributed by atoms with E-state index in [4.69, 9.17) is 9.47 Å². The highest BCUT2D eigenvalue weighted by Crippen LogP contribution is 2.21. The topological polar surface area (TPSA) is 59.6 Å². The van der Waals surface area contributed by atoms with Crippen LogP contribution in [0.15, 0.2) is 0 Å². The Bertz CT molecular complexity index is 190. The number of methoxy groups -OCH3 is 1. The van der Waals surface area contributed by atoms with Crippen molar-refractivity contribution in [1.29, 1.82) is 0 Å². The minimum Gasteiger partial charge on any atom is -0.378 e. The van der Waals surface area contributed by atoms with Crippen LogP contribution in [0.2, 0.25) is 0 Å². The highest BCUT2D eigenvalue weighted by Gasteiger charge is 2.35. The van der Waals surface area contributed by atoms with Crippen LogP contribution < -0.4 is 10.6 Å². The molecule has 2 amide bonds. The van der Waals surface area contributed by atoms with Crippen molar-refractivity contribution in [2.24, 2.45) is 0 Å². The van der Waals surface area contributed by atoms with Crippen molar-refractivity contribution in [3.05, 3.63) is 0 Å². The fraction of sp³-hybridized carbons (Fsp3) is 0.889. The van der Waals surface area contributed by atoms with Gasteiger partial charge in [-0.25, -0.2) is 4.79 Å². The summed E-state index contributed by atoms with van der Waals surface area (Å²) in [6.07, 6.45) is 0.829. The molecule has 0 aromatic rings. The van der Waals surface area contributed by atoms with Crippen LogP contribution in [-0.2, 0) is 9.47 Å². The average molecular weight is 202 g/mol. The van der Waals surface area contributed by atoms with Gasteiger partial charge in [-0.05, 0) is 6.92 Å². The fourth-order valence-corrected chi connectivity index (χ4v) is 1.43. The largest absolute Gasteiger partial charge is 0.378 e. The Balaban J connectivity index is 2.30. The van der Waals surface area contributed by atoms with Crippen LogP contribution in [0, 0.1) is 0 Å². The number of hydrogen-bond acceptors (Lipinski definition) is 3. The quantitative estimate of drug-likeness (QED) is 0.680. The molecule has 82 valence electrons. The maximum absolute atomic E-state index is 11.1. The van der Waals surface area contributed by atoms with E-state index in [1.165, 1.54) is 0 Å². The number of nitrogens with one attached hydrogen (secondary N) is 2. The summed E-state index contributed by atoms with van der Waals surface area (Å²) >= 11 is 0. The number of amides is 2. The minimum absolute atomic E-state index is 0.157. The normalized spacial score (nSPS) is 26.1. The molecule has 1 unspecified atom stereocenters. The second kappa shape index (κ2) is 5.17. The van der Waals surface area contributed by atoms with E-state index in [0.717, 1.165) is 6.42 Å². The zero-order valence-electron chi connectivity index (χ0n) is 8.76. The number of hydrogen-bond donors (Lipinski definition) is 2. The van der Waals surface area contributed by atoms with Crippen molar-refractivity contribution in [1.82, 2.24) is 10.6 Å². The van der Waals surface area contributed by atoms with Gasteiger partial charge >= 0.3 is 6.03 Å². The molecular weight excluding hydrogens is 184 g/mol. The Kier molecular flexibility index (Phi) is 4.16. The van der Waals surface area contributed by atoms with Crippen molar-refractivity contribution < 1.29 is 14.3 Å². The predicted octanol–water partition coefficient (Wildman–Crippen LogP) is 0.111. The summed E-state index contributed by atoms with van der Waals surface area (Å²) in [6.45, 7) is 4.25. The van der Waals surface area contributed by atoms with Crippen molar-refractivity contribution in [2.75, 3.05) is 33.4 Å². The standard InChI is InChI=1S/C9H18N2O3/c1-3-10-8(12)11-6-9(13-2)4-5-14-7-9/h3-7H2,1-2H3,(H2,10,11,12). The van der Waals surface area contributed by atoms with Crippen LogP contribution in [0.4, 0.5) is 4.79 Å². The zero-order valence-corrected chi connectivity index (χ0v) is 8.76. The van der Waals surface area contributed by atoms with E-state index in [1.54, 1.807) is 7.11 Å². The van der Waals surface area contributed by atoms with Gasteiger partial charge in [-0.1, -0.05) is 0 Å². The lowest BCUT2D eigenvalue weighted by molar-refractivity contribution is -0.0137. The highest BCUT2D eigenvalue weighted by molar-refractivity contribution is 5.73. The molecule has 1 aliphatic heterocycles. The first-order valence-electron chi connectivity index (χ1n) is 4.87. The van der Waals surface area contributed by atoms with Crippen LogP contribution in [0.25, 0.3) is 0 Å². The molecule has 5 heteroatoms. The molecule has 14 heavy (non-hydrogen) atoms. The molecule has 1 heterocycles. The van der Waals surface area contributed by atoms with E-state index < -0.39 is 0 Å². The summed E-state index contributed by atoms with van der Waals surface area (Å²) in [6, 6.07) is -0.157. The first-order valence-corrected chi connectivity index (χ1v) is 4.87. The molecule has 0 bridgehead atoms. The van der Waals surface area contributed by atoms with Gasteiger partial charge in [0.05, 0.1) is 13.2 Å². The Labute approximate surface area is 84.1 Å². The van der Waals surface area contributed by atoms with Crippen LogP contribution in [0.1, 0.15) is 13.3 Å². The monoisotopic (exact) mass is 202 g/mol. The molecule has 1 rings (SSSR count). The first kappa shape index (κ1) is 11.3. The van der Waals surface area contributed by atoms with E-state index in [1.807, 2.05) is 6.92 Å². The van der Waals surface area contributed by atoms with Crippen LogP contribution in [-0.4, -0.2) is 45.0 Å². The van der Waals surface area contributed by atoms with E-state index in [2.05, 4.69) is 10.6 Å². The second-order valence-corrected chi connectivity index (χ2v) is 3.40. The number of ether oxygens (including phenoxy) is 2. The van der Waals surface area contributed by atoms with Crippen molar-refractivity contribution >= 4 is 6.03 Å². The van der Waals surface area contributed by atoms with Gasteiger partial charge in [-0.15, -0.1) is 0 Å². The number of carbonyl (C=O) groups excluding carboxylic acids is 1. The first-order chi connectivity index (χ1) is 6.72. The zero-order chi connectivity index (χ0) is 10.4. The molecule has 1 atom stereocenters. The van der Waals surface area contributed by atoms with Gasteiger partial charge in [0.1, 0.15) is 5.60 Å². The van der Waals surface area contributed by atoms with Gasteiger partial charge in [-0.2, -0.15) is 0 Å². The summed E-state index contributed by atoms with van der Waals surface area (Å²) in [4.78, 5) is 11.1. The van der Waals surface area contributed by atoms with Crippen LogP contribution in [0.3, 0.4) is 0 Å². The lowest BCUT2D eigenvalue weighted by Gasteiger charge is -2.25. The Morgan fingerprint density at radius 2 is 2.36 bits per heavy atom. The van der Waals surface area contributed by atoms with Crippen molar-refractivity contribution in [2.45, 2.75) is 18.9 Å². The second-order valence-electron chi connectivity index (χ2n) is 3.40. The molecule has 0 radical (unpaired) electrons. The van der Waals surface area contributed by atoms with Gasteiger partial charge in [-0.3, -0.25) is 0 Å². The summed E-state index contributed by atoms with van der Waals surface area (Å²) < 4.78 is 10.6. The molecule has 5 nitrogen and oxygen atoms in total. The third-order valence-corrected chi connectivity index (χ3v) is 2.41. The molecule has 0 spiro atoms. The van der Waals surface area contributed by atoms with E-state index in [-0.39, 0.29) is 11.6 Å². The van der Waals surface area contributed by atoms with Gasteiger partial charge in [0.15, 0.2) is 0 Å². The number of carbonyl (C=O) groups is 1. The molecule has 2 N–H and O–H groups in total. The summed E-state index contributed by atoms with van der Waals surface area (Å²) in [7, 11) is 1.65. The number of urea groups is 1. The maximum Gasteiger partial charge on any atom is 0.314 e. The molecule has 0 saturated carbocycles. The van der Waals surface area contributed by atoms with Gasteiger partial charge < -0.3 is 20.1 Å². The van der Waals surface area contributed by atoms with Gasteiger partial charge in [0.2, 0.25) is 0 Å². The SMILES string of the molecule is CCNC(=O)NCC1(OC)CCOC1. The third-order valence-electron chi connectivity index (χ3n) is 2.41. The van der Waals surface area contributed by atoms with Crippen molar-refractivity contribution in [3.63, 3.8) is 0 Å². The van der Waals surface area contributed by atoms with Crippen LogP contribution in [0.5, 0.6) is 0 Å². The van der Waals surface area contributed by atoms with Crippen LogP contribution >= 0.6 is 0 Å². The van der Waals surface area contributed by atoms with E-state index in [9.17, 15) is 4.79 Å². The molecular formula is C9H18N2O3. The summed E-state index contributed by atoms with van der Waals surface area (Å²) in [5.74, 6) is 0. The Morgan fingerprint density at radius 3 is 2.86 bits per heavy atom. The molecule has 1 saturated heterocycles. The molecule has 0 aromatic heterocycles. The van der Waals surface area contributed by atoms with Gasteiger partial charge in [0.25, 0.3) is 0 Å². The van der Waals surface area contributed by atoms with Crippen molar-refractivity contribution in [3.8, 4) is 0 Å². The molecule has 1 fully saturated rings. The highest BCUT2D eigenvalue weighted by atomic mass is 16.5. The minimum atomic E-state index is -0.328. The third kappa shape index (κ3) is 2.85. The molecule has 1 aliphatic rings. The predicted molar refractivity (Wildman–Crippen MR) is 52.3 cm³/mol. The average Bonchev–Trinajstić information content (AvgIpc) is 2.65. The summed E-state index contributed by atoms with van der Waals surface area (Å²) in [5, 5.41) is 5.43.